The summed E-state index contributed by atoms with van der Waals surface area (Å²) in [4.78, 5) is 17.0. The molecule has 118 valence electrons. The van der Waals surface area contributed by atoms with Gasteiger partial charge in [-0.1, -0.05) is 29.4 Å². The summed E-state index contributed by atoms with van der Waals surface area (Å²) in [5.74, 6) is 1.32. The number of anilines is 1. The van der Waals surface area contributed by atoms with Crippen LogP contribution < -0.4 is 5.32 Å². The number of aromatic nitrogens is 4. The van der Waals surface area contributed by atoms with Gasteiger partial charge in [-0.3, -0.25) is 4.79 Å². The molecule has 0 atom stereocenters. The molecule has 0 aromatic carbocycles. The van der Waals surface area contributed by atoms with Crippen molar-refractivity contribution in [2.45, 2.75) is 5.16 Å². The highest BCUT2D eigenvalue weighted by Crippen LogP contribution is 2.26. The van der Waals surface area contributed by atoms with E-state index in [9.17, 15) is 4.79 Å². The van der Waals surface area contributed by atoms with Crippen LogP contribution in [0.15, 0.2) is 41.0 Å². The van der Waals surface area contributed by atoms with Gasteiger partial charge in [0.05, 0.1) is 15.7 Å². The van der Waals surface area contributed by atoms with Crippen LogP contribution in [0.1, 0.15) is 0 Å². The van der Waals surface area contributed by atoms with Crippen molar-refractivity contribution in [3.8, 4) is 10.7 Å². The molecule has 1 N–H and O–H groups in total. The summed E-state index contributed by atoms with van der Waals surface area (Å²) in [5.41, 5.74) is 0. The van der Waals surface area contributed by atoms with Crippen molar-refractivity contribution in [2.24, 2.45) is 7.05 Å². The highest BCUT2D eigenvalue weighted by atomic mass is 35.5. The molecular weight excluding hydrogens is 354 g/mol. The van der Waals surface area contributed by atoms with E-state index < -0.39 is 0 Å². The van der Waals surface area contributed by atoms with Gasteiger partial charge >= 0.3 is 0 Å². The predicted octanol–water partition coefficient (Wildman–Crippen LogP) is 3.32. The smallest absolute Gasteiger partial charge is 0.236 e. The molecule has 0 aliphatic heterocycles. The fraction of sp³-hybridized carbons (Fsp3) is 0.143. The third kappa shape index (κ3) is 3.90. The first-order valence-corrected chi connectivity index (χ1v) is 8.85. The number of amides is 1. The summed E-state index contributed by atoms with van der Waals surface area (Å²) >= 11 is 8.68. The standard InChI is InChI=1S/C14H12ClN5OS2/c1-20-13(10-3-2-6-22-10)18-19-14(20)23-8-12(21)17-11-5-4-9(15)7-16-11/h2-7H,8H2,1H3,(H,16,17,21). The molecule has 0 aliphatic rings. The molecule has 0 spiro atoms. The Morgan fingerprint density at radius 1 is 1.39 bits per heavy atom. The van der Waals surface area contributed by atoms with Crippen molar-refractivity contribution >= 4 is 46.4 Å². The number of hydrogen-bond acceptors (Lipinski definition) is 6. The van der Waals surface area contributed by atoms with E-state index in [0.29, 0.717) is 16.0 Å². The Bertz CT molecular complexity index is 801. The molecule has 0 aliphatic carbocycles. The van der Waals surface area contributed by atoms with Crippen LogP contribution in [0.5, 0.6) is 0 Å². The molecule has 6 nitrogen and oxygen atoms in total. The van der Waals surface area contributed by atoms with Crippen molar-refractivity contribution in [3.63, 3.8) is 0 Å². The molecule has 0 saturated heterocycles. The maximum absolute atomic E-state index is 12.0. The third-order valence-electron chi connectivity index (χ3n) is 2.90. The van der Waals surface area contributed by atoms with Gasteiger partial charge in [-0.25, -0.2) is 4.98 Å². The van der Waals surface area contributed by atoms with Crippen molar-refractivity contribution in [2.75, 3.05) is 11.1 Å². The van der Waals surface area contributed by atoms with Crippen molar-refractivity contribution in [1.82, 2.24) is 19.7 Å². The zero-order chi connectivity index (χ0) is 16.2. The number of halogens is 1. The van der Waals surface area contributed by atoms with Crippen LogP contribution in [0.2, 0.25) is 5.02 Å². The molecule has 0 bridgehead atoms. The lowest BCUT2D eigenvalue weighted by molar-refractivity contribution is -0.113. The second kappa shape index (κ2) is 7.12. The molecule has 23 heavy (non-hydrogen) atoms. The van der Waals surface area contributed by atoms with Gasteiger partial charge in [0.2, 0.25) is 5.91 Å². The van der Waals surface area contributed by atoms with Crippen LogP contribution in [-0.2, 0) is 11.8 Å². The predicted molar refractivity (Wildman–Crippen MR) is 92.9 cm³/mol. The molecule has 3 aromatic heterocycles. The summed E-state index contributed by atoms with van der Waals surface area (Å²) in [6, 6.07) is 7.28. The van der Waals surface area contributed by atoms with Gasteiger partial charge in [-0.2, -0.15) is 0 Å². The molecule has 3 rings (SSSR count). The molecule has 1 amide bonds. The number of thiophene rings is 1. The van der Waals surface area contributed by atoms with Gasteiger partial charge in [-0.05, 0) is 23.6 Å². The van der Waals surface area contributed by atoms with E-state index >= 15 is 0 Å². The lowest BCUT2D eigenvalue weighted by atomic mass is 10.4. The fourth-order valence-electron chi connectivity index (χ4n) is 1.82. The number of carbonyl (C=O) groups excluding carboxylic acids is 1. The Kier molecular flexibility index (Phi) is 4.94. The van der Waals surface area contributed by atoms with Gasteiger partial charge in [0.15, 0.2) is 11.0 Å². The van der Waals surface area contributed by atoms with E-state index in [4.69, 9.17) is 11.6 Å². The van der Waals surface area contributed by atoms with E-state index in [0.717, 1.165) is 10.7 Å². The van der Waals surface area contributed by atoms with Crippen LogP contribution in [0.4, 0.5) is 5.82 Å². The van der Waals surface area contributed by atoms with Crippen LogP contribution in [0.25, 0.3) is 10.7 Å². The van der Waals surface area contributed by atoms with Crippen LogP contribution >= 0.6 is 34.7 Å². The molecule has 9 heteroatoms. The number of pyridine rings is 1. The summed E-state index contributed by atoms with van der Waals surface area (Å²) in [7, 11) is 1.88. The first kappa shape index (κ1) is 16.0. The summed E-state index contributed by atoms with van der Waals surface area (Å²) in [6.45, 7) is 0. The largest absolute Gasteiger partial charge is 0.310 e. The van der Waals surface area contributed by atoms with Crippen molar-refractivity contribution < 1.29 is 4.79 Å². The van der Waals surface area contributed by atoms with Crippen molar-refractivity contribution in [1.29, 1.82) is 0 Å². The zero-order valence-electron chi connectivity index (χ0n) is 12.1. The Morgan fingerprint density at radius 3 is 2.96 bits per heavy atom. The normalized spacial score (nSPS) is 10.7. The summed E-state index contributed by atoms with van der Waals surface area (Å²) in [6.07, 6.45) is 1.49. The van der Waals surface area contributed by atoms with Gasteiger partial charge in [-0.15, -0.1) is 21.5 Å². The highest BCUT2D eigenvalue weighted by Gasteiger charge is 2.13. The van der Waals surface area contributed by atoms with Gasteiger partial charge in [0, 0.05) is 13.2 Å². The summed E-state index contributed by atoms with van der Waals surface area (Å²) in [5, 5.41) is 14.2. The second-order valence-corrected chi connectivity index (χ2v) is 6.87. The number of rotatable bonds is 5. The van der Waals surface area contributed by atoms with Gasteiger partial charge in [0.25, 0.3) is 0 Å². The quantitative estimate of drug-likeness (QED) is 0.702. The van der Waals surface area contributed by atoms with E-state index in [1.807, 2.05) is 29.1 Å². The number of nitrogens with one attached hydrogen (secondary N) is 1. The number of hydrogen-bond donors (Lipinski definition) is 1. The van der Waals surface area contributed by atoms with E-state index in [1.54, 1.807) is 23.5 Å². The first-order valence-electron chi connectivity index (χ1n) is 6.61. The number of thioether (sulfide) groups is 1. The van der Waals surface area contributed by atoms with Gasteiger partial charge in [0.1, 0.15) is 5.82 Å². The monoisotopic (exact) mass is 365 g/mol. The average Bonchev–Trinajstić information content (AvgIpc) is 3.17. The molecule has 0 fully saturated rings. The van der Waals surface area contributed by atoms with E-state index in [-0.39, 0.29) is 11.7 Å². The zero-order valence-corrected chi connectivity index (χ0v) is 14.5. The first-order chi connectivity index (χ1) is 11.1. The molecule has 0 radical (unpaired) electrons. The van der Waals surface area contributed by atoms with Gasteiger partial charge < -0.3 is 9.88 Å². The van der Waals surface area contributed by atoms with E-state index in [2.05, 4.69) is 20.5 Å². The Morgan fingerprint density at radius 2 is 2.26 bits per heavy atom. The average molecular weight is 366 g/mol. The Balaban J connectivity index is 1.60. The third-order valence-corrected chi connectivity index (χ3v) is 5.01. The molecule has 0 unspecified atom stereocenters. The van der Waals surface area contributed by atoms with Crippen molar-refractivity contribution in [3.05, 3.63) is 40.9 Å². The topological polar surface area (TPSA) is 72.7 Å². The van der Waals surface area contributed by atoms with Crippen LogP contribution in [-0.4, -0.2) is 31.4 Å². The van der Waals surface area contributed by atoms with Crippen LogP contribution in [0, 0.1) is 0 Å². The molecule has 0 saturated carbocycles. The van der Waals surface area contributed by atoms with E-state index in [1.165, 1.54) is 18.0 Å². The minimum absolute atomic E-state index is 0.162. The number of nitrogens with zero attached hydrogens (tertiary/aromatic N) is 4. The lowest BCUT2D eigenvalue weighted by Gasteiger charge is -2.04. The minimum Gasteiger partial charge on any atom is -0.310 e. The SMILES string of the molecule is Cn1c(SCC(=O)Nc2ccc(Cl)cn2)nnc1-c1cccs1. The Hall–Kier alpha value is -1.90. The number of carbonyl (C=O) groups is 1. The lowest BCUT2D eigenvalue weighted by Crippen LogP contribution is -2.15. The minimum atomic E-state index is -0.162. The maximum atomic E-state index is 12.0. The molecule has 3 heterocycles. The second-order valence-electron chi connectivity index (χ2n) is 4.54. The summed E-state index contributed by atoms with van der Waals surface area (Å²) < 4.78 is 1.88. The highest BCUT2D eigenvalue weighted by molar-refractivity contribution is 7.99. The fourth-order valence-corrected chi connectivity index (χ4v) is 3.39. The maximum Gasteiger partial charge on any atom is 0.236 e. The molecule has 3 aromatic rings. The Labute approximate surface area is 145 Å². The van der Waals surface area contributed by atoms with Crippen LogP contribution in [0.3, 0.4) is 0 Å². The molecular formula is C14H12ClN5OS2.